The Labute approximate surface area is 129 Å². The van der Waals surface area contributed by atoms with Gasteiger partial charge in [-0.3, -0.25) is 0 Å². The second kappa shape index (κ2) is 7.35. The van der Waals surface area contributed by atoms with E-state index in [0.717, 1.165) is 5.56 Å². The van der Waals surface area contributed by atoms with Crippen LogP contribution in [0.3, 0.4) is 0 Å². The highest BCUT2D eigenvalue weighted by molar-refractivity contribution is 6.15. The molecule has 1 heterocycles. The standard InChI is InChI=1S/C15H19N5O2/c1-4-22-15(21)13(11-19(2)3)14-16-18-20(17-14)10-12-8-6-5-7-9-12/h5-9,11H,4,10H2,1-3H3/b13-11+. The molecule has 0 atom stereocenters. The van der Waals surface area contributed by atoms with Gasteiger partial charge in [-0.05, 0) is 17.7 Å². The summed E-state index contributed by atoms with van der Waals surface area (Å²) in [6.07, 6.45) is 1.63. The van der Waals surface area contributed by atoms with Gasteiger partial charge in [0.1, 0.15) is 5.57 Å². The normalized spacial score (nSPS) is 11.3. The van der Waals surface area contributed by atoms with Crippen molar-refractivity contribution >= 4 is 11.5 Å². The van der Waals surface area contributed by atoms with Gasteiger partial charge >= 0.3 is 5.97 Å². The number of aromatic nitrogens is 4. The molecule has 22 heavy (non-hydrogen) atoms. The van der Waals surface area contributed by atoms with Crippen LogP contribution in [0.2, 0.25) is 0 Å². The van der Waals surface area contributed by atoms with Gasteiger partial charge in [-0.1, -0.05) is 30.3 Å². The lowest BCUT2D eigenvalue weighted by molar-refractivity contribution is -0.136. The molecule has 116 valence electrons. The lowest BCUT2D eigenvalue weighted by Gasteiger charge is -2.08. The molecular weight excluding hydrogens is 282 g/mol. The molecule has 0 fully saturated rings. The van der Waals surface area contributed by atoms with Gasteiger partial charge in [0.25, 0.3) is 0 Å². The van der Waals surface area contributed by atoms with Gasteiger partial charge in [0.2, 0.25) is 5.82 Å². The highest BCUT2D eigenvalue weighted by Gasteiger charge is 2.19. The van der Waals surface area contributed by atoms with Gasteiger partial charge < -0.3 is 9.64 Å². The Hall–Kier alpha value is -2.70. The number of hydrogen-bond donors (Lipinski definition) is 0. The number of tetrazole rings is 1. The van der Waals surface area contributed by atoms with Crippen molar-refractivity contribution in [2.75, 3.05) is 20.7 Å². The fourth-order valence-electron chi connectivity index (χ4n) is 1.83. The average molecular weight is 301 g/mol. The third-order valence-corrected chi connectivity index (χ3v) is 2.74. The van der Waals surface area contributed by atoms with E-state index in [1.54, 1.807) is 18.0 Å². The molecule has 0 saturated heterocycles. The first-order chi connectivity index (χ1) is 10.6. The minimum Gasteiger partial charge on any atom is -0.462 e. The fourth-order valence-corrected chi connectivity index (χ4v) is 1.83. The van der Waals surface area contributed by atoms with Crippen molar-refractivity contribution in [3.63, 3.8) is 0 Å². The van der Waals surface area contributed by atoms with E-state index < -0.39 is 5.97 Å². The molecule has 1 aromatic heterocycles. The predicted molar refractivity (Wildman–Crippen MR) is 81.7 cm³/mol. The van der Waals surface area contributed by atoms with Crippen molar-refractivity contribution in [1.29, 1.82) is 0 Å². The monoisotopic (exact) mass is 301 g/mol. The Morgan fingerprint density at radius 3 is 2.68 bits per heavy atom. The van der Waals surface area contributed by atoms with Gasteiger partial charge in [-0.15, -0.1) is 10.2 Å². The molecule has 7 heteroatoms. The Kier molecular flexibility index (Phi) is 5.24. The number of benzene rings is 1. The highest BCUT2D eigenvalue weighted by atomic mass is 16.5. The van der Waals surface area contributed by atoms with Crippen LogP contribution in [0, 0.1) is 0 Å². The van der Waals surface area contributed by atoms with Crippen LogP contribution in [0.15, 0.2) is 36.5 Å². The van der Waals surface area contributed by atoms with Crippen molar-refractivity contribution in [1.82, 2.24) is 25.1 Å². The predicted octanol–water partition coefficient (Wildman–Crippen LogP) is 1.19. The molecule has 1 aromatic carbocycles. The maximum Gasteiger partial charge on any atom is 0.343 e. The summed E-state index contributed by atoms with van der Waals surface area (Å²) in [7, 11) is 3.63. The maximum atomic E-state index is 12.0. The summed E-state index contributed by atoms with van der Waals surface area (Å²) in [5, 5.41) is 12.2. The molecule has 0 N–H and O–H groups in total. The highest BCUT2D eigenvalue weighted by Crippen LogP contribution is 2.11. The van der Waals surface area contributed by atoms with Crippen LogP contribution >= 0.6 is 0 Å². The smallest absolute Gasteiger partial charge is 0.343 e. The zero-order valence-electron chi connectivity index (χ0n) is 12.9. The van der Waals surface area contributed by atoms with E-state index in [0.29, 0.717) is 13.2 Å². The van der Waals surface area contributed by atoms with Crippen molar-refractivity contribution in [3.05, 3.63) is 47.9 Å². The molecule has 0 bridgehead atoms. The van der Waals surface area contributed by atoms with Crippen molar-refractivity contribution in [2.45, 2.75) is 13.5 Å². The Bertz CT molecular complexity index is 649. The Balaban J connectivity index is 2.21. The van der Waals surface area contributed by atoms with Gasteiger partial charge in [-0.25, -0.2) is 4.79 Å². The van der Waals surface area contributed by atoms with E-state index in [-0.39, 0.29) is 11.4 Å². The summed E-state index contributed by atoms with van der Waals surface area (Å²) in [6.45, 7) is 2.54. The third kappa shape index (κ3) is 4.15. The first kappa shape index (κ1) is 15.7. The average Bonchev–Trinajstić information content (AvgIpc) is 2.94. The fraction of sp³-hybridized carbons (Fsp3) is 0.333. The molecule has 0 unspecified atom stereocenters. The molecule has 2 rings (SSSR count). The third-order valence-electron chi connectivity index (χ3n) is 2.74. The minimum absolute atomic E-state index is 0.253. The van der Waals surface area contributed by atoms with Crippen molar-refractivity contribution in [2.24, 2.45) is 0 Å². The number of esters is 1. The molecular formula is C15H19N5O2. The van der Waals surface area contributed by atoms with Crippen LogP contribution in [0.25, 0.3) is 5.57 Å². The van der Waals surface area contributed by atoms with Crippen LogP contribution in [0.4, 0.5) is 0 Å². The zero-order valence-corrected chi connectivity index (χ0v) is 12.9. The van der Waals surface area contributed by atoms with Crippen molar-refractivity contribution < 1.29 is 9.53 Å². The summed E-state index contributed by atoms with van der Waals surface area (Å²) < 4.78 is 5.04. The second-order valence-electron chi connectivity index (χ2n) is 4.86. The maximum absolute atomic E-state index is 12.0. The zero-order chi connectivity index (χ0) is 15.9. The summed E-state index contributed by atoms with van der Waals surface area (Å²) >= 11 is 0. The van der Waals surface area contributed by atoms with Crippen LogP contribution in [-0.2, 0) is 16.1 Å². The SMILES string of the molecule is CCOC(=O)/C(=C/N(C)C)c1nnn(Cc2ccccc2)n1. The van der Waals surface area contributed by atoms with Gasteiger partial charge in [0, 0.05) is 20.3 Å². The number of rotatable bonds is 6. The molecule has 7 nitrogen and oxygen atoms in total. The topological polar surface area (TPSA) is 73.1 Å². The Morgan fingerprint density at radius 1 is 1.32 bits per heavy atom. The number of carbonyl (C=O) groups is 1. The molecule has 0 spiro atoms. The van der Waals surface area contributed by atoms with E-state index >= 15 is 0 Å². The van der Waals surface area contributed by atoms with Gasteiger partial charge in [0.15, 0.2) is 0 Å². The van der Waals surface area contributed by atoms with E-state index in [9.17, 15) is 4.79 Å². The quantitative estimate of drug-likeness (QED) is 0.589. The Morgan fingerprint density at radius 2 is 2.05 bits per heavy atom. The van der Waals surface area contributed by atoms with Crippen LogP contribution in [0.1, 0.15) is 18.3 Å². The molecule has 0 aliphatic carbocycles. The number of nitrogens with zero attached hydrogens (tertiary/aromatic N) is 5. The molecule has 2 aromatic rings. The van der Waals surface area contributed by atoms with E-state index in [1.165, 1.54) is 4.80 Å². The van der Waals surface area contributed by atoms with Crippen LogP contribution in [-0.4, -0.2) is 51.8 Å². The second-order valence-corrected chi connectivity index (χ2v) is 4.86. The first-order valence-electron chi connectivity index (χ1n) is 6.97. The largest absolute Gasteiger partial charge is 0.462 e. The summed E-state index contributed by atoms with van der Waals surface area (Å²) in [5.74, 6) is -0.210. The lowest BCUT2D eigenvalue weighted by atomic mass is 10.2. The van der Waals surface area contributed by atoms with E-state index in [1.807, 2.05) is 44.4 Å². The molecule has 0 radical (unpaired) electrons. The van der Waals surface area contributed by atoms with Gasteiger partial charge in [-0.2, -0.15) is 4.80 Å². The number of ether oxygens (including phenoxy) is 1. The van der Waals surface area contributed by atoms with E-state index in [4.69, 9.17) is 4.74 Å². The molecule has 0 aliphatic heterocycles. The summed E-state index contributed by atoms with van der Waals surface area (Å²) in [5.41, 5.74) is 1.34. The molecule has 0 saturated carbocycles. The van der Waals surface area contributed by atoms with Gasteiger partial charge in [0.05, 0.1) is 13.2 Å². The van der Waals surface area contributed by atoms with Crippen molar-refractivity contribution in [3.8, 4) is 0 Å². The number of hydrogen-bond acceptors (Lipinski definition) is 6. The summed E-state index contributed by atoms with van der Waals surface area (Å²) in [6, 6.07) is 9.80. The van der Waals surface area contributed by atoms with E-state index in [2.05, 4.69) is 15.4 Å². The molecule has 0 amide bonds. The minimum atomic E-state index is -0.463. The van der Waals surface area contributed by atoms with Crippen LogP contribution in [0.5, 0.6) is 0 Å². The van der Waals surface area contributed by atoms with Crippen LogP contribution < -0.4 is 0 Å². The molecule has 0 aliphatic rings. The first-order valence-corrected chi connectivity index (χ1v) is 6.97. The lowest BCUT2D eigenvalue weighted by Crippen LogP contribution is -2.13. The summed E-state index contributed by atoms with van der Waals surface area (Å²) in [4.78, 5) is 15.2. The number of carbonyl (C=O) groups excluding carboxylic acids is 1.